The summed E-state index contributed by atoms with van der Waals surface area (Å²) in [4.78, 5) is 14.2. The van der Waals surface area contributed by atoms with Gasteiger partial charge in [-0.1, -0.05) is 18.2 Å². The Kier molecular flexibility index (Phi) is 3.60. The maximum absolute atomic E-state index is 13.1. The Morgan fingerprint density at radius 1 is 1.39 bits per heavy atom. The van der Waals surface area contributed by atoms with E-state index in [1.54, 1.807) is 31.2 Å². The number of halogens is 2. The van der Waals surface area contributed by atoms with Gasteiger partial charge in [-0.05, 0) is 13.0 Å². The van der Waals surface area contributed by atoms with Crippen molar-refractivity contribution in [3.05, 3.63) is 35.5 Å². The molecule has 1 aromatic heterocycles. The predicted molar refractivity (Wildman–Crippen MR) is 63.6 cm³/mol. The third kappa shape index (κ3) is 2.34. The van der Waals surface area contributed by atoms with E-state index in [0.717, 1.165) is 0 Å². The van der Waals surface area contributed by atoms with E-state index in [4.69, 9.17) is 4.74 Å². The molecule has 3 nitrogen and oxygen atoms in total. The molecule has 0 atom stereocenters. The van der Waals surface area contributed by atoms with Gasteiger partial charge in [0.25, 0.3) is 6.43 Å². The Balaban J connectivity index is 2.43. The van der Waals surface area contributed by atoms with E-state index in [9.17, 15) is 13.6 Å². The minimum atomic E-state index is -2.62. The second-order valence-corrected chi connectivity index (χ2v) is 3.85. The van der Waals surface area contributed by atoms with Crippen molar-refractivity contribution in [2.24, 2.45) is 0 Å². The molecule has 1 N–H and O–H groups in total. The average molecular weight is 253 g/mol. The van der Waals surface area contributed by atoms with Crippen molar-refractivity contribution in [3.8, 4) is 0 Å². The van der Waals surface area contributed by atoms with Crippen LogP contribution in [0.1, 0.15) is 24.6 Å². The van der Waals surface area contributed by atoms with E-state index >= 15 is 0 Å². The van der Waals surface area contributed by atoms with Crippen LogP contribution in [0.5, 0.6) is 0 Å². The van der Waals surface area contributed by atoms with Gasteiger partial charge in [0.15, 0.2) is 0 Å². The second-order valence-electron chi connectivity index (χ2n) is 3.85. The van der Waals surface area contributed by atoms with E-state index in [-0.39, 0.29) is 24.3 Å². The van der Waals surface area contributed by atoms with Crippen molar-refractivity contribution in [3.63, 3.8) is 0 Å². The Labute approximate surface area is 103 Å². The number of nitrogens with one attached hydrogen (secondary N) is 1. The zero-order valence-corrected chi connectivity index (χ0v) is 9.87. The molecule has 0 spiro atoms. The molecule has 0 bridgehead atoms. The van der Waals surface area contributed by atoms with E-state index in [1.807, 2.05) is 0 Å². The summed E-state index contributed by atoms with van der Waals surface area (Å²) in [6, 6.07) is 6.76. The first-order valence-corrected chi connectivity index (χ1v) is 5.66. The molecule has 0 fully saturated rings. The zero-order chi connectivity index (χ0) is 13.1. The van der Waals surface area contributed by atoms with Crippen molar-refractivity contribution >= 4 is 16.9 Å². The molecule has 0 aliphatic carbocycles. The fourth-order valence-electron chi connectivity index (χ4n) is 1.96. The summed E-state index contributed by atoms with van der Waals surface area (Å²) >= 11 is 0. The minimum absolute atomic E-state index is 0.112. The van der Waals surface area contributed by atoms with Gasteiger partial charge in [0, 0.05) is 22.2 Å². The number of carbonyl (C=O) groups is 1. The third-order valence-electron chi connectivity index (χ3n) is 2.67. The number of esters is 1. The van der Waals surface area contributed by atoms with Crippen molar-refractivity contribution in [2.45, 2.75) is 19.8 Å². The van der Waals surface area contributed by atoms with Crippen LogP contribution < -0.4 is 0 Å². The number of rotatable bonds is 4. The minimum Gasteiger partial charge on any atom is -0.466 e. The molecule has 1 heterocycles. The molecule has 0 aliphatic heterocycles. The van der Waals surface area contributed by atoms with Crippen LogP contribution >= 0.6 is 0 Å². The summed E-state index contributed by atoms with van der Waals surface area (Å²) in [6.45, 7) is 1.92. The first-order valence-electron chi connectivity index (χ1n) is 5.66. The largest absolute Gasteiger partial charge is 0.466 e. The summed E-state index contributed by atoms with van der Waals surface area (Å²) in [5.74, 6) is -0.508. The number of carbonyl (C=O) groups excluding carboxylic acids is 1. The highest BCUT2D eigenvalue weighted by Crippen LogP contribution is 2.31. The summed E-state index contributed by atoms with van der Waals surface area (Å²) < 4.78 is 30.9. The van der Waals surface area contributed by atoms with E-state index < -0.39 is 12.4 Å². The monoisotopic (exact) mass is 253 g/mol. The van der Waals surface area contributed by atoms with Gasteiger partial charge in [-0.2, -0.15) is 0 Å². The maximum Gasteiger partial charge on any atom is 0.311 e. The van der Waals surface area contributed by atoms with Crippen LogP contribution in [0, 0.1) is 0 Å². The molecule has 5 heteroatoms. The quantitative estimate of drug-likeness (QED) is 0.850. The summed E-state index contributed by atoms with van der Waals surface area (Å²) in [5.41, 5.74) is 0.718. The van der Waals surface area contributed by atoms with Gasteiger partial charge in [0.1, 0.15) is 0 Å². The molecule has 0 amide bonds. The molecule has 2 aromatic rings. The number of alkyl halides is 2. The molecule has 1 aromatic carbocycles. The lowest BCUT2D eigenvalue weighted by Gasteiger charge is -2.03. The number of H-pyrrole nitrogens is 1. The molecular weight excluding hydrogens is 240 g/mol. The van der Waals surface area contributed by atoms with Crippen LogP contribution in [0.25, 0.3) is 10.9 Å². The van der Waals surface area contributed by atoms with Gasteiger partial charge < -0.3 is 9.72 Å². The molecule has 0 saturated carbocycles. The highest BCUT2D eigenvalue weighted by atomic mass is 19.3. The average Bonchev–Trinajstić information content (AvgIpc) is 2.66. The molecule has 0 radical (unpaired) electrons. The molecule has 18 heavy (non-hydrogen) atoms. The third-order valence-corrected chi connectivity index (χ3v) is 2.67. The van der Waals surface area contributed by atoms with E-state index in [0.29, 0.717) is 10.9 Å². The van der Waals surface area contributed by atoms with Crippen LogP contribution in [-0.4, -0.2) is 17.6 Å². The molecular formula is C13H13F2NO2. The van der Waals surface area contributed by atoms with Crippen molar-refractivity contribution in [2.75, 3.05) is 6.61 Å². The fraction of sp³-hybridized carbons (Fsp3) is 0.308. The van der Waals surface area contributed by atoms with Crippen LogP contribution in [0.4, 0.5) is 8.78 Å². The van der Waals surface area contributed by atoms with E-state index in [1.165, 1.54) is 0 Å². The molecule has 96 valence electrons. The van der Waals surface area contributed by atoms with Gasteiger partial charge in [0.05, 0.1) is 13.0 Å². The molecule has 0 aliphatic rings. The van der Waals surface area contributed by atoms with Crippen molar-refractivity contribution < 1.29 is 18.3 Å². The fourth-order valence-corrected chi connectivity index (χ4v) is 1.96. The van der Waals surface area contributed by atoms with Crippen LogP contribution in [0.3, 0.4) is 0 Å². The normalized spacial score (nSPS) is 11.1. The standard InChI is InChI=1S/C13H13F2NO2/c1-2-18-11(17)7-10-12(13(14)15)8-5-3-4-6-9(8)16-10/h3-6,13,16H,2,7H2,1H3. The molecule has 0 saturated heterocycles. The number of benzene rings is 1. The predicted octanol–water partition coefficient (Wildman–Crippen LogP) is 3.21. The van der Waals surface area contributed by atoms with Crippen LogP contribution in [0.15, 0.2) is 24.3 Å². The lowest BCUT2D eigenvalue weighted by atomic mass is 10.1. The van der Waals surface area contributed by atoms with Crippen LogP contribution in [-0.2, 0) is 16.0 Å². The van der Waals surface area contributed by atoms with Crippen molar-refractivity contribution in [1.82, 2.24) is 4.98 Å². The first-order chi connectivity index (χ1) is 8.63. The first kappa shape index (κ1) is 12.5. The smallest absolute Gasteiger partial charge is 0.311 e. The van der Waals surface area contributed by atoms with Gasteiger partial charge in [0.2, 0.25) is 0 Å². The Morgan fingerprint density at radius 2 is 2.11 bits per heavy atom. The number of hydrogen-bond donors (Lipinski definition) is 1. The topological polar surface area (TPSA) is 42.1 Å². The number of hydrogen-bond acceptors (Lipinski definition) is 2. The van der Waals surface area contributed by atoms with E-state index in [2.05, 4.69) is 4.98 Å². The van der Waals surface area contributed by atoms with Gasteiger partial charge in [-0.15, -0.1) is 0 Å². The van der Waals surface area contributed by atoms with Crippen molar-refractivity contribution in [1.29, 1.82) is 0 Å². The number of para-hydroxylation sites is 1. The Hall–Kier alpha value is -1.91. The maximum atomic E-state index is 13.1. The van der Waals surface area contributed by atoms with Gasteiger partial charge >= 0.3 is 5.97 Å². The number of ether oxygens (including phenoxy) is 1. The summed E-state index contributed by atoms with van der Waals surface area (Å²) in [7, 11) is 0. The van der Waals surface area contributed by atoms with Crippen LogP contribution in [0.2, 0.25) is 0 Å². The Bertz CT molecular complexity index is 563. The highest BCUT2D eigenvalue weighted by Gasteiger charge is 2.21. The van der Waals surface area contributed by atoms with Gasteiger partial charge in [-0.25, -0.2) is 8.78 Å². The summed E-state index contributed by atoms with van der Waals surface area (Å²) in [5, 5.41) is 0.451. The number of aromatic nitrogens is 1. The Morgan fingerprint density at radius 3 is 2.78 bits per heavy atom. The number of aromatic amines is 1. The summed E-state index contributed by atoms with van der Waals surface area (Å²) in [6.07, 6.45) is -2.78. The van der Waals surface area contributed by atoms with Gasteiger partial charge in [-0.3, -0.25) is 4.79 Å². The highest BCUT2D eigenvalue weighted by molar-refractivity contribution is 5.86. The lowest BCUT2D eigenvalue weighted by molar-refractivity contribution is -0.142. The molecule has 2 rings (SSSR count). The molecule has 0 unspecified atom stereocenters. The SMILES string of the molecule is CCOC(=O)Cc1[nH]c2ccccc2c1C(F)F. The zero-order valence-electron chi connectivity index (χ0n) is 9.87. The number of fused-ring (bicyclic) bond motifs is 1. The lowest BCUT2D eigenvalue weighted by Crippen LogP contribution is -2.09. The second kappa shape index (κ2) is 5.16.